The van der Waals surface area contributed by atoms with Gasteiger partial charge in [-0.1, -0.05) is 11.6 Å². The molecule has 0 spiro atoms. The second-order valence-corrected chi connectivity index (χ2v) is 6.68. The van der Waals surface area contributed by atoms with Crippen LogP contribution in [0.4, 0.5) is 0 Å². The van der Waals surface area contributed by atoms with E-state index in [1.807, 2.05) is 25.1 Å². The second kappa shape index (κ2) is 8.02. The first kappa shape index (κ1) is 18.0. The summed E-state index contributed by atoms with van der Waals surface area (Å²) in [5.74, 6) is 0.615. The van der Waals surface area contributed by atoms with Crippen molar-refractivity contribution >= 4 is 28.5 Å². The van der Waals surface area contributed by atoms with Crippen LogP contribution in [0.1, 0.15) is 25.3 Å². The molecule has 0 radical (unpaired) electrons. The molecule has 3 rings (SSSR count). The summed E-state index contributed by atoms with van der Waals surface area (Å²) in [5, 5.41) is 1.53. The zero-order chi connectivity index (χ0) is 17.8. The Balaban J connectivity index is 1.75. The maximum atomic E-state index is 12.0. The molecule has 2 heterocycles. The van der Waals surface area contributed by atoms with Crippen LogP contribution in [0, 0.1) is 5.92 Å². The number of carbonyl (C=O) groups is 1. The quantitative estimate of drug-likeness (QED) is 0.600. The summed E-state index contributed by atoms with van der Waals surface area (Å²) in [5.41, 5.74) is 1.79. The van der Waals surface area contributed by atoms with Crippen LogP contribution < -0.4 is 4.74 Å². The molecule has 0 bridgehead atoms. The van der Waals surface area contributed by atoms with Gasteiger partial charge in [-0.2, -0.15) is 0 Å². The number of nitrogens with zero attached hydrogens (tertiary/aromatic N) is 2. The van der Waals surface area contributed by atoms with E-state index in [-0.39, 0.29) is 11.9 Å². The molecule has 5 nitrogen and oxygen atoms in total. The van der Waals surface area contributed by atoms with E-state index in [0.717, 1.165) is 41.6 Å². The molecule has 134 valence electrons. The highest BCUT2D eigenvalue weighted by Crippen LogP contribution is 2.27. The number of aromatic nitrogens is 1. The zero-order valence-electron chi connectivity index (χ0n) is 14.6. The molecule has 1 saturated heterocycles. The molecule has 1 fully saturated rings. The predicted molar refractivity (Wildman–Crippen MR) is 97.9 cm³/mol. The van der Waals surface area contributed by atoms with Gasteiger partial charge in [-0.3, -0.25) is 9.69 Å². The van der Waals surface area contributed by atoms with Crippen molar-refractivity contribution in [3.05, 3.63) is 35.0 Å². The fraction of sp³-hybridized carbons (Fsp3) is 0.474. The molecule has 1 aromatic carbocycles. The van der Waals surface area contributed by atoms with E-state index in [1.165, 1.54) is 0 Å². The van der Waals surface area contributed by atoms with E-state index in [4.69, 9.17) is 21.1 Å². The van der Waals surface area contributed by atoms with Gasteiger partial charge in [0.25, 0.3) is 0 Å². The van der Waals surface area contributed by atoms with Gasteiger partial charge in [-0.25, -0.2) is 4.98 Å². The lowest BCUT2D eigenvalue weighted by molar-refractivity contribution is -0.150. The fourth-order valence-corrected chi connectivity index (χ4v) is 3.50. The predicted octanol–water partition coefficient (Wildman–Crippen LogP) is 3.67. The molecule has 1 aromatic heterocycles. The van der Waals surface area contributed by atoms with Crippen LogP contribution in [0.5, 0.6) is 5.75 Å². The number of hydrogen-bond donors (Lipinski definition) is 0. The molecule has 1 aliphatic heterocycles. The van der Waals surface area contributed by atoms with Gasteiger partial charge in [0.2, 0.25) is 0 Å². The summed E-state index contributed by atoms with van der Waals surface area (Å²) >= 11 is 6.40. The average Bonchev–Trinajstić information content (AvgIpc) is 2.62. The number of esters is 1. The molecule has 2 aromatic rings. The lowest BCUT2D eigenvalue weighted by Gasteiger charge is -2.31. The smallest absolute Gasteiger partial charge is 0.310 e. The molecule has 0 unspecified atom stereocenters. The summed E-state index contributed by atoms with van der Waals surface area (Å²) in [7, 11) is 1.63. The van der Waals surface area contributed by atoms with E-state index < -0.39 is 0 Å². The van der Waals surface area contributed by atoms with Gasteiger partial charge in [-0.05, 0) is 44.5 Å². The lowest BCUT2D eigenvalue weighted by atomic mass is 9.98. The van der Waals surface area contributed by atoms with E-state index >= 15 is 0 Å². The highest BCUT2D eigenvalue weighted by molar-refractivity contribution is 6.30. The molecule has 1 atom stereocenters. The van der Waals surface area contributed by atoms with Crippen LogP contribution in [-0.2, 0) is 16.1 Å². The summed E-state index contributed by atoms with van der Waals surface area (Å²) < 4.78 is 10.4. The number of ether oxygens (including phenoxy) is 2. The Morgan fingerprint density at radius 1 is 1.40 bits per heavy atom. The van der Waals surface area contributed by atoms with Crippen molar-refractivity contribution in [3.63, 3.8) is 0 Å². The normalized spacial score (nSPS) is 18.3. The summed E-state index contributed by atoms with van der Waals surface area (Å²) in [6.45, 7) is 4.61. The monoisotopic (exact) mass is 362 g/mol. The van der Waals surface area contributed by atoms with Crippen LogP contribution in [0.3, 0.4) is 0 Å². The Hall–Kier alpha value is -1.85. The van der Waals surface area contributed by atoms with Gasteiger partial charge >= 0.3 is 5.97 Å². The van der Waals surface area contributed by atoms with Crippen molar-refractivity contribution in [1.82, 2.24) is 9.88 Å². The SMILES string of the molecule is CCOC(=O)[C@@H]1CCCN(Cc2cc3ccc(OC)cc3nc2Cl)C1. The van der Waals surface area contributed by atoms with E-state index in [2.05, 4.69) is 16.0 Å². The Labute approximate surface area is 152 Å². The molecular formula is C19H23ClN2O3. The number of halogens is 1. The van der Waals surface area contributed by atoms with Gasteiger partial charge in [0.15, 0.2) is 0 Å². The number of pyridine rings is 1. The van der Waals surface area contributed by atoms with Crippen LogP contribution >= 0.6 is 11.6 Å². The van der Waals surface area contributed by atoms with E-state index in [0.29, 0.717) is 24.8 Å². The number of benzene rings is 1. The van der Waals surface area contributed by atoms with E-state index in [9.17, 15) is 4.79 Å². The Kier molecular flexibility index (Phi) is 5.76. The lowest BCUT2D eigenvalue weighted by Crippen LogP contribution is -2.39. The first-order valence-electron chi connectivity index (χ1n) is 8.63. The van der Waals surface area contributed by atoms with Crippen LogP contribution in [0.25, 0.3) is 10.9 Å². The molecule has 6 heteroatoms. The number of fused-ring (bicyclic) bond motifs is 1. The fourth-order valence-electron chi connectivity index (χ4n) is 3.30. The first-order chi connectivity index (χ1) is 12.1. The second-order valence-electron chi connectivity index (χ2n) is 6.32. The number of methoxy groups -OCH3 is 1. The number of rotatable bonds is 5. The molecule has 0 saturated carbocycles. The highest BCUT2D eigenvalue weighted by Gasteiger charge is 2.27. The van der Waals surface area contributed by atoms with Crippen LogP contribution in [0.2, 0.25) is 5.15 Å². The number of piperidine rings is 1. The third kappa shape index (κ3) is 4.22. The summed E-state index contributed by atoms with van der Waals surface area (Å²) in [6, 6.07) is 7.85. The molecule has 0 amide bonds. The first-order valence-corrected chi connectivity index (χ1v) is 9.00. The van der Waals surface area contributed by atoms with Crippen molar-refractivity contribution in [2.24, 2.45) is 5.92 Å². The summed E-state index contributed by atoms with van der Waals surface area (Å²) in [6.07, 6.45) is 1.87. The number of hydrogen-bond acceptors (Lipinski definition) is 5. The third-order valence-electron chi connectivity index (χ3n) is 4.57. The van der Waals surface area contributed by atoms with Crippen molar-refractivity contribution in [2.75, 3.05) is 26.8 Å². The minimum atomic E-state index is -0.0953. The van der Waals surface area contributed by atoms with Gasteiger partial charge in [0.1, 0.15) is 10.9 Å². The minimum Gasteiger partial charge on any atom is -0.497 e. The van der Waals surface area contributed by atoms with Crippen molar-refractivity contribution in [3.8, 4) is 5.75 Å². The maximum absolute atomic E-state index is 12.0. The van der Waals surface area contributed by atoms with Gasteiger partial charge < -0.3 is 9.47 Å². The topological polar surface area (TPSA) is 51.7 Å². The van der Waals surface area contributed by atoms with Gasteiger partial charge in [0.05, 0.1) is 25.2 Å². The highest BCUT2D eigenvalue weighted by atomic mass is 35.5. The van der Waals surface area contributed by atoms with E-state index in [1.54, 1.807) is 7.11 Å². The molecule has 0 N–H and O–H groups in total. The molecule has 0 aliphatic carbocycles. The van der Waals surface area contributed by atoms with Crippen LogP contribution in [0.15, 0.2) is 24.3 Å². The van der Waals surface area contributed by atoms with Gasteiger partial charge in [0, 0.05) is 30.1 Å². The van der Waals surface area contributed by atoms with Crippen molar-refractivity contribution in [1.29, 1.82) is 0 Å². The number of likely N-dealkylation sites (tertiary alicyclic amines) is 1. The Bertz CT molecular complexity index is 766. The Morgan fingerprint density at radius 2 is 2.24 bits per heavy atom. The molecular weight excluding hydrogens is 340 g/mol. The molecule has 25 heavy (non-hydrogen) atoms. The largest absolute Gasteiger partial charge is 0.497 e. The van der Waals surface area contributed by atoms with Gasteiger partial charge in [-0.15, -0.1) is 0 Å². The van der Waals surface area contributed by atoms with Crippen molar-refractivity contribution < 1.29 is 14.3 Å². The Morgan fingerprint density at radius 3 is 3.00 bits per heavy atom. The maximum Gasteiger partial charge on any atom is 0.310 e. The molecule has 1 aliphatic rings. The van der Waals surface area contributed by atoms with Crippen molar-refractivity contribution in [2.45, 2.75) is 26.3 Å². The zero-order valence-corrected chi connectivity index (χ0v) is 15.4. The average molecular weight is 363 g/mol. The third-order valence-corrected chi connectivity index (χ3v) is 4.90. The van der Waals surface area contributed by atoms with Crippen LogP contribution in [-0.4, -0.2) is 42.7 Å². The number of carbonyl (C=O) groups excluding carboxylic acids is 1. The summed E-state index contributed by atoms with van der Waals surface area (Å²) in [4.78, 5) is 18.8. The minimum absolute atomic E-state index is 0.0508. The standard InChI is InChI=1S/C19H23ClN2O3/c1-3-25-19(23)14-5-4-8-22(11-14)12-15-9-13-6-7-16(24-2)10-17(13)21-18(15)20/h6-7,9-10,14H,3-5,8,11-12H2,1-2H3/t14-/m1/s1.